The summed E-state index contributed by atoms with van der Waals surface area (Å²) in [6, 6.07) is -1.55. The molecular formula is C36H60NO10P. The summed E-state index contributed by atoms with van der Waals surface area (Å²) in [5.41, 5.74) is 0. The number of phosphoric acid groups is 1. The van der Waals surface area contributed by atoms with Gasteiger partial charge in [-0.15, -0.1) is 0 Å². The van der Waals surface area contributed by atoms with E-state index in [0.717, 1.165) is 64.2 Å². The largest absolute Gasteiger partial charge is 0.480 e. The van der Waals surface area contributed by atoms with E-state index in [0.29, 0.717) is 19.3 Å². The topological polar surface area (TPSA) is 169 Å². The predicted octanol–water partition coefficient (Wildman–Crippen LogP) is 7.66. The number of allylic oxidation sites excluding steroid dienone is 10. The Morgan fingerprint density at radius 3 is 1.77 bits per heavy atom. The summed E-state index contributed by atoms with van der Waals surface area (Å²) in [4.78, 5) is 45.4. The van der Waals surface area contributed by atoms with E-state index in [1.54, 1.807) is 0 Å². The van der Waals surface area contributed by atoms with Crippen molar-refractivity contribution in [2.75, 3.05) is 19.8 Å². The minimum atomic E-state index is -4.75. The second-order valence-electron chi connectivity index (χ2n) is 11.3. The summed E-state index contributed by atoms with van der Waals surface area (Å²) in [6.07, 6.45) is 33.0. The zero-order valence-corrected chi connectivity index (χ0v) is 29.9. The molecule has 0 rings (SSSR count). The molecular weight excluding hydrogens is 637 g/mol. The highest BCUT2D eigenvalue weighted by molar-refractivity contribution is 7.47. The van der Waals surface area contributed by atoms with Crippen LogP contribution in [0.3, 0.4) is 0 Å². The fourth-order valence-electron chi connectivity index (χ4n) is 4.11. The quantitative estimate of drug-likeness (QED) is 0.0244. The molecule has 0 saturated carbocycles. The van der Waals surface area contributed by atoms with Crippen LogP contribution in [0.4, 0.5) is 0 Å². The minimum Gasteiger partial charge on any atom is -0.480 e. The summed E-state index contributed by atoms with van der Waals surface area (Å²) < 4.78 is 26.5. The van der Waals surface area contributed by atoms with E-state index in [-0.39, 0.29) is 12.8 Å². The van der Waals surface area contributed by atoms with Crippen molar-refractivity contribution < 1.29 is 47.8 Å². The van der Waals surface area contributed by atoms with Crippen LogP contribution in [0, 0.1) is 0 Å². The van der Waals surface area contributed by atoms with Crippen molar-refractivity contribution in [2.45, 2.75) is 129 Å². The van der Waals surface area contributed by atoms with E-state index in [1.165, 1.54) is 6.42 Å². The molecule has 1 amide bonds. The number of rotatable bonds is 31. The highest BCUT2D eigenvalue weighted by Crippen LogP contribution is 2.43. The molecule has 0 spiro atoms. The van der Waals surface area contributed by atoms with E-state index in [2.05, 4.69) is 67.8 Å². The van der Waals surface area contributed by atoms with E-state index < -0.39 is 57.6 Å². The Hall–Kier alpha value is -2.82. The number of unbranched alkanes of at least 4 members (excludes halogenated alkanes) is 7. The molecule has 0 aliphatic heterocycles. The van der Waals surface area contributed by atoms with Gasteiger partial charge in [-0.25, -0.2) is 9.36 Å². The van der Waals surface area contributed by atoms with Gasteiger partial charge in [0.05, 0.1) is 13.2 Å². The molecule has 0 radical (unpaired) electrons. The number of hydrogen-bond donors (Lipinski definition) is 4. The van der Waals surface area contributed by atoms with Crippen molar-refractivity contribution >= 4 is 25.7 Å². The molecule has 0 fully saturated rings. The first kappa shape index (κ1) is 45.2. The van der Waals surface area contributed by atoms with Crippen molar-refractivity contribution in [2.24, 2.45) is 0 Å². The number of ether oxygens (including phenoxy) is 1. The van der Waals surface area contributed by atoms with E-state index in [9.17, 15) is 34.1 Å². The summed E-state index contributed by atoms with van der Waals surface area (Å²) in [7, 11) is -4.75. The zero-order valence-electron chi connectivity index (χ0n) is 29.0. The third-order valence-electron chi connectivity index (χ3n) is 6.82. The van der Waals surface area contributed by atoms with Crippen LogP contribution in [0.25, 0.3) is 0 Å². The number of carboxylic acids is 1. The van der Waals surface area contributed by atoms with Gasteiger partial charge < -0.3 is 25.2 Å². The fourth-order valence-corrected chi connectivity index (χ4v) is 4.88. The van der Waals surface area contributed by atoms with Crippen LogP contribution in [0.1, 0.15) is 117 Å². The van der Waals surface area contributed by atoms with Crippen LogP contribution in [0.15, 0.2) is 60.8 Å². The lowest BCUT2D eigenvalue weighted by Crippen LogP contribution is -2.43. The van der Waals surface area contributed by atoms with Gasteiger partial charge in [0.15, 0.2) is 6.04 Å². The molecule has 0 heterocycles. The summed E-state index contributed by atoms with van der Waals surface area (Å²) >= 11 is 0. The molecule has 11 nitrogen and oxygen atoms in total. The van der Waals surface area contributed by atoms with Gasteiger partial charge in [0.25, 0.3) is 0 Å². The molecule has 12 heteroatoms. The summed E-state index contributed by atoms with van der Waals surface area (Å²) in [5.74, 6) is -2.46. The highest BCUT2D eigenvalue weighted by atomic mass is 31.2. The molecule has 3 atom stereocenters. The number of phosphoric ester groups is 1. The lowest BCUT2D eigenvalue weighted by atomic mass is 10.1. The van der Waals surface area contributed by atoms with Crippen LogP contribution >= 0.6 is 7.82 Å². The van der Waals surface area contributed by atoms with Gasteiger partial charge in [0, 0.05) is 12.8 Å². The zero-order chi connectivity index (χ0) is 35.7. The second-order valence-corrected chi connectivity index (χ2v) is 12.8. The van der Waals surface area contributed by atoms with Gasteiger partial charge in [-0.05, 0) is 51.4 Å². The molecule has 0 saturated heterocycles. The maximum Gasteiger partial charge on any atom is 0.472 e. The molecule has 0 aromatic carbocycles. The number of nitrogens with one attached hydrogen (secondary N) is 1. The Kier molecular flexibility index (Phi) is 29.6. The summed E-state index contributed by atoms with van der Waals surface area (Å²) in [6.45, 7) is 2.30. The van der Waals surface area contributed by atoms with Gasteiger partial charge in [0.1, 0.15) is 12.7 Å². The smallest absolute Gasteiger partial charge is 0.472 e. The van der Waals surface area contributed by atoms with Crippen molar-refractivity contribution in [1.82, 2.24) is 5.32 Å². The van der Waals surface area contributed by atoms with Crippen molar-refractivity contribution in [3.63, 3.8) is 0 Å². The maximum absolute atomic E-state index is 12.1. The molecule has 48 heavy (non-hydrogen) atoms. The maximum atomic E-state index is 12.1. The van der Waals surface area contributed by atoms with E-state index in [1.807, 2.05) is 12.2 Å². The van der Waals surface area contributed by atoms with Gasteiger partial charge in [0.2, 0.25) is 5.91 Å². The first-order valence-electron chi connectivity index (χ1n) is 17.3. The average molecular weight is 698 g/mol. The first-order chi connectivity index (χ1) is 23.1. The molecule has 3 unspecified atom stereocenters. The third-order valence-corrected chi connectivity index (χ3v) is 7.77. The lowest BCUT2D eigenvalue weighted by molar-refractivity contribution is -0.147. The van der Waals surface area contributed by atoms with E-state index in [4.69, 9.17) is 13.8 Å². The van der Waals surface area contributed by atoms with E-state index >= 15 is 0 Å². The summed E-state index contributed by atoms with van der Waals surface area (Å²) in [5, 5.41) is 21.6. The number of amides is 1. The van der Waals surface area contributed by atoms with Crippen molar-refractivity contribution in [3.05, 3.63) is 60.8 Å². The Labute approximate surface area is 287 Å². The molecule has 0 aliphatic carbocycles. The molecule has 0 aromatic rings. The molecule has 4 N–H and O–H groups in total. The van der Waals surface area contributed by atoms with Gasteiger partial charge >= 0.3 is 19.8 Å². The monoisotopic (exact) mass is 697 g/mol. The number of aliphatic hydroxyl groups excluding tert-OH is 1. The minimum absolute atomic E-state index is 0.138. The Morgan fingerprint density at radius 1 is 0.688 bits per heavy atom. The molecule has 0 bridgehead atoms. The Bertz CT molecular complexity index is 1050. The predicted molar refractivity (Wildman–Crippen MR) is 189 cm³/mol. The van der Waals surface area contributed by atoms with Crippen LogP contribution in [0.5, 0.6) is 0 Å². The number of hydrogen-bond acceptors (Lipinski definition) is 8. The number of aliphatic hydroxyl groups is 1. The SMILES string of the molecule is CC/C=C\C/C=C\C/C=C\C/C=C\C/C=C\CCCC(=O)OCC(O)COP(=O)(O)OCC(NC(=O)CCCCCCCCC)C(=O)O. The number of carbonyl (C=O) groups is 3. The molecule has 274 valence electrons. The fraction of sp³-hybridized carbons (Fsp3) is 0.639. The second kappa shape index (κ2) is 31.4. The molecule has 0 aromatic heterocycles. The van der Waals surface area contributed by atoms with Gasteiger partial charge in [-0.1, -0.05) is 113 Å². The lowest BCUT2D eigenvalue weighted by Gasteiger charge is -2.18. The number of aliphatic carboxylic acids is 1. The Balaban J connectivity index is 4.06. The average Bonchev–Trinajstić information content (AvgIpc) is 3.05. The number of carbonyl (C=O) groups excluding carboxylic acids is 2. The van der Waals surface area contributed by atoms with Crippen LogP contribution in [-0.4, -0.2) is 64.9 Å². The van der Waals surface area contributed by atoms with Crippen LogP contribution in [0.2, 0.25) is 0 Å². The van der Waals surface area contributed by atoms with Crippen LogP contribution in [-0.2, 0) is 32.7 Å². The standard InChI is InChI=1S/C36H60NO10P/c1-3-5-7-9-11-12-13-14-15-16-17-18-19-20-22-24-26-28-35(40)45-29-32(38)30-46-48(43,44)47-31-33(36(41)42)37-34(39)27-25-23-21-10-8-6-4-2/h5,7,11-12,14-15,17-18,20,22,32-33,38H,3-4,6,8-10,13,16,19,21,23-31H2,1-2H3,(H,37,39)(H,41,42)(H,43,44)/b7-5-,12-11-,15-14-,18-17-,22-20-. The highest BCUT2D eigenvalue weighted by Gasteiger charge is 2.28. The van der Waals surface area contributed by atoms with Crippen molar-refractivity contribution in [3.8, 4) is 0 Å². The van der Waals surface area contributed by atoms with Crippen LogP contribution < -0.4 is 5.32 Å². The number of esters is 1. The third kappa shape index (κ3) is 30.5. The Morgan fingerprint density at radius 2 is 1.21 bits per heavy atom. The van der Waals surface area contributed by atoms with Crippen molar-refractivity contribution in [1.29, 1.82) is 0 Å². The number of carboxylic acid groups (broad SMARTS) is 1. The molecule has 0 aliphatic rings. The normalized spacial score (nSPS) is 14.8. The first-order valence-corrected chi connectivity index (χ1v) is 18.8. The van der Waals surface area contributed by atoms with Gasteiger partial charge in [-0.2, -0.15) is 0 Å². The van der Waals surface area contributed by atoms with Gasteiger partial charge in [-0.3, -0.25) is 18.6 Å².